The molecule has 3 heterocycles. The van der Waals surface area contributed by atoms with Gasteiger partial charge in [-0.05, 0) is 24.0 Å². The smallest absolute Gasteiger partial charge is 0.407 e. The first-order valence-electron chi connectivity index (χ1n) is 7.85. The normalized spacial score (nSPS) is 24.0. The van der Waals surface area contributed by atoms with E-state index in [1.807, 2.05) is 0 Å². The summed E-state index contributed by atoms with van der Waals surface area (Å²) in [5.74, 6) is 0.0259. The number of nitrogens with zero attached hydrogens (tertiary/aromatic N) is 3. The monoisotopic (exact) mass is 362 g/mol. The number of likely N-dealkylation sites (tertiary alicyclic amines) is 1. The number of amides is 2. The first kappa shape index (κ1) is 15.9. The first-order valence-corrected chi connectivity index (χ1v) is 8.73. The van der Waals surface area contributed by atoms with Crippen LogP contribution in [-0.4, -0.2) is 45.1 Å². The number of fused-ring (bicyclic) bond motifs is 1. The average molecular weight is 362 g/mol. The molecule has 0 aromatic carbocycles. The molecule has 2 aliphatic rings. The molecular weight excluding hydrogens is 347 g/mol. The van der Waals surface area contributed by atoms with Crippen LogP contribution in [0.3, 0.4) is 0 Å². The Morgan fingerprint density at radius 2 is 2.16 bits per heavy atom. The van der Waals surface area contributed by atoms with E-state index in [1.54, 1.807) is 5.38 Å². The van der Waals surface area contributed by atoms with Gasteiger partial charge in [-0.3, -0.25) is 9.78 Å². The third-order valence-electron chi connectivity index (χ3n) is 4.76. The number of nitrogens with one attached hydrogen (secondary N) is 1. The van der Waals surface area contributed by atoms with Crippen molar-refractivity contribution in [3.05, 3.63) is 45.9 Å². The maximum Gasteiger partial charge on any atom is 0.407 e. The van der Waals surface area contributed by atoms with Crippen molar-refractivity contribution in [2.45, 2.75) is 12.5 Å². The van der Waals surface area contributed by atoms with Crippen molar-refractivity contribution in [2.24, 2.45) is 11.8 Å². The van der Waals surface area contributed by atoms with Gasteiger partial charge >= 0.3 is 6.09 Å². The Balaban J connectivity index is 1.35. The zero-order chi connectivity index (χ0) is 17.6. The van der Waals surface area contributed by atoms with Gasteiger partial charge in [0.15, 0.2) is 0 Å². The van der Waals surface area contributed by atoms with E-state index in [2.05, 4.69) is 15.3 Å². The molecule has 7 nitrogen and oxygen atoms in total. The van der Waals surface area contributed by atoms with E-state index in [0.717, 1.165) is 5.01 Å². The SMILES string of the molecule is O=C(NCc1ncccc1F)c1csc([C@H]2[C@@H]3CN(C(=O)O)C[C@@H]32)n1. The van der Waals surface area contributed by atoms with Gasteiger partial charge in [0.1, 0.15) is 11.5 Å². The van der Waals surface area contributed by atoms with Crippen molar-refractivity contribution < 1.29 is 19.1 Å². The lowest BCUT2D eigenvalue weighted by Gasteiger charge is -2.14. The van der Waals surface area contributed by atoms with Crippen LogP contribution in [-0.2, 0) is 6.54 Å². The summed E-state index contributed by atoms with van der Waals surface area (Å²) in [6.45, 7) is 1.07. The summed E-state index contributed by atoms with van der Waals surface area (Å²) in [4.78, 5) is 32.8. The molecule has 1 saturated carbocycles. The number of rotatable bonds is 4. The maximum atomic E-state index is 13.5. The van der Waals surface area contributed by atoms with E-state index in [9.17, 15) is 14.0 Å². The van der Waals surface area contributed by atoms with Crippen LogP contribution in [0.1, 0.15) is 27.1 Å². The lowest BCUT2D eigenvalue weighted by molar-refractivity contribution is 0.0945. The zero-order valence-electron chi connectivity index (χ0n) is 13.1. The number of carbonyl (C=O) groups is 2. The molecule has 130 valence electrons. The van der Waals surface area contributed by atoms with Crippen LogP contribution in [0.2, 0.25) is 0 Å². The summed E-state index contributed by atoms with van der Waals surface area (Å²) < 4.78 is 13.5. The van der Waals surface area contributed by atoms with E-state index in [1.165, 1.54) is 34.6 Å². The van der Waals surface area contributed by atoms with Gasteiger partial charge in [0.2, 0.25) is 0 Å². The molecule has 2 fully saturated rings. The molecule has 2 N–H and O–H groups in total. The minimum atomic E-state index is -0.882. The van der Waals surface area contributed by atoms with Gasteiger partial charge in [-0.15, -0.1) is 11.3 Å². The number of thiazole rings is 1. The average Bonchev–Trinajstić information content (AvgIpc) is 2.98. The second kappa shape index (κ2) is 6.07. The van der Waals surface area contributed by atoms with Crippen LogP contribution in [0, 0.1) is 17.7 Å². The molecule has 2 aromatic rings. The summed E-state index contributed by atoms with van der Waals surface area (Å²) in [6.07, 6.45) is 0.588. The Hall–Kier alpha value is -2.55. The lowest BCUT2D eigenvalue weighted by Crippen LogP contribution is -2.29. The number of carbonyl (C=O) groups excluding carboxylic acids is 1. The number of pyridine rings is 1. The molecule has 0 bridgehead atoms. The van der Waals surface area contributed by atoms with E-state index in [4.69, 9.17) is 5.11 Å². The Kier molecular flexibility index (Phi) is 3.87. The van der Waals surface area contributed by atoms with Crippen molar-refractivity contribution in [1.29, 1.82) is 0 Å². The largest absolute Gasteiger partial charge is 0.465 e. The van der Waals surface area contributed by atoms with Gasteiger partial charge in [0.05, 0.1) is 17.2 Å². The van der Waals surface area contributed by atoms with E-state index >= 15 is 0 Å². The number of aromatic nitrogens is 2. The van der Waals surface area contributed by atoms with Gasteiger partial charge in [-0.25, -0.2) is 14.2 Å². The lowest BCUT2D eigenvalue weighted by atomic mass is 10.3. The molecular formula is C16H15FN4O3S. The molecule has 0 unspecified atom stereocenters. The molecule has 0 spiro atoms. The van der Waals surface area contributed by atoms with Gasteiger partial charge < -0.3 is 15.3 Å². The molecule has 9 heteroatoms. The summed E-state index contributed by atoms with van der Waals surface area (Å²) in [7, 11) is 0. The highest BCUT2D eigenvalue weighted by Gasteiger charge is 2.58. The van der Waals surface area contributed by atoms with Gasteiger partial charge in [0, 0.05) is 30.6 Å². The highest BCUT2D eigenvalue weighted by molar-refractivity contribution is 7.10. The number of carboxylic acid groups (broad SMARTS) is 1. The molecule has 3 atom stereocenters. The standard InChI is InChI=1S/C16H15FN4O3S/c17-10-2-1-3-18-11(10)4-19-14(22)12-7-25-15(20-12)13-8-5-21(16(23)24)6-9(8)13/h1-3,7-9,13H,4-6H2,(H,19,22)(H,23,24)/t8-,9+,13+. The third kappa shape index (κ3) is 2.95. The van der Waals surface area contributed by atoms with Crippen LogP contribution in [0.25, 0.3) is 0 Å². The Labute approximate surface area is 146 Å². The van der Waals surface area contributed by atoms with Crippen LogP contribution < -0.4 is 5.32 Å². The van der Waals surface area contributed by atoms with Crippen LogP contribution in [0.4, 0.5) is 9.18 Å². The van der Waals surface area contributed by atoms with Crippen molar-refractivity contribution in [3.63, 3.8) is 0 Å². The number of piperidine rings is 1. The number of hydrogen-bond acceptors (Lipinski definition) is 5. The van der Waals surface area contributed by atoms with Crippen molar-refractivity contribution in [2.75, 3.05) is 13.1 Å². The van der Waals surface area contributed by atoms with E-state index in [-0.39, 0.29) is 24.1 Å². The van der Waals surface area contributed by atoms with Crippen LogP contribution in [0.15, 0.2) is 23.7 Å². The molecule has 2 amide bonds. The van der Waals surface area contributed by atoms with Crippen LogP contribution >= 0.6 is 11.3 Å². The fourth-order valence-corrected chi connectivity index (χ4v) is 4.45. The summed E-state index contributed by atoms with van der Waals surface area (Å²) >= 11 is 1.41. The zero-order valence-corrected chi connectivity index (χ0v) is 13.9. The maximum absolute atomic E-state index is 13.5. The Bertz CT molecular complexity index is 830. The Morgan fingerprint density at radius 3 is 2.84 bits per heavy atom. The summed E-state index contributed by atoms with van der Waals surface area (Å²) in [5.41, 5.74) is 0.480. The molecule has 1 aliphatic carbocycles. The second-order valence-electron chi connectivity index (χ2n) is 6.23. The fourth-order valence-electron chi connectivity index (χ4n) is 3.40. The minimum absolute atomic E-state index is 0.000612. The van der Waals surface area contributed by atoms with Crippen molar-refractivity contribution >= 4 is 23.3 Å². The Morgan fingerprint density at radius 1 is 1.40 bits per heavy atom. The predicted octanol–water partition coefficient (Wildman–Crippen LogP) is 1.93. The molecule has 0 radical (unpaired) electrons. The molecule has 25 heavy (non-hydrogen) atoms. The van der Waals surface area contributed by atoms with Crippen LogP contribution in [0.5, 0.6) is 0 Å². The van der Waals surface area contributed by atoms with Gasteiger partial charge in [0.25, 0.3) is 5.91 Å². The first-order chi connectivity index (χ1) is 12.0. The number of hydrogen-bond donors (Lipinski definition) is 2. The highest BCUT2D eigenvalue weighted by Crippen LogP contribution is 2.58. The molecule has 1 aliphatic heterocycles. The molecule has 4 rings (SSSR count). The highest BCUT2D eigenvalue weighted by atomic mass is 32.1. The predicted molar refractivity (Wildman–Crippen MR) is 86.8 cm³/mol. The molecule has 1 saturated heterocycles. The van der Waals surface area contributed by atoms with E-state index in [0.29, 0.717) is 30.6 Å². The van der Waals surface area contributed by atoms with Gasteiger partial charge in [-0.1, -0.05) is 0 Å². The topological polar surface area (TPSA) is 95.4 Å². The summed E-state index contributed by atoms with van der Waals surface area (Å²) in [6, 6.07) is 2.78. The van der Waals surface area contributed by atoms with Crippen molar-refractivity contribution in [3.8, 4) is 0 Å². The molecule has 2 aromatic heterocycles. The van der Waals surface area contributed by atoms with Crippen molar-refractivity contribution in [1.82, 2.24) is 20.2 Å². The number of halogens is 1. The summed E-state index contributed by atoms with van der Waals surface area (Å²) in [5, 5.41) is 14.2. The van der Waals surface area contributed by atoms with Gasteiger partial charge in [-0.2, -0.15) is 0 Å². The fraction of sp³-hybridized carbons (Fsp3) is 0.375. The second-order valence-corrected chi connectivity index (χ2v) is 7.12. The quantitative estimate of drug-likeness (QED) is 0.867. The third-order valence-corrected chi connectivity index (χ3v) is 5.70. The minimum Gasteiger partial charge on any atom is -0.465 e. The van der Waals surface area contributed by atoms with E-state index < -0.39 is 11.9 Å².